The molecule has 124 valence electrons. The van der Waals surface area contributed by atoms with E-state index in [1.807, 2.05) is 0 Å². The van der Waals surface area contributed by atoms with Crippen LogP contribution < -0.4 is 5.32 Å². The number of hydrogen-bond donors (Lipinski definition) is 1. The Balaban J connectivity index is 1.85. The van der Waals surface area contributed by atoms with Gasteiger partial charge in [-0.1, -0.05) is 13.8 Å². The lowest BCUT2D eigenvalue weighted by Gasteiger charge is -2.32. The molecule has 0 amide bonds. The van der Waals surface area contributed by atoms with E-state index in [1.165, 1.54) is 6.07 Å². The standard InChI is InChI=1S/C15H22F3N3O/c1-14(2,9-11-5-7-22-8-6-11)10-19-13-4-3-12(20-21-13)15(16,17)18/h3-4,11H,5-10H2,1-2H3,(H,19,21). The molecule has 0 saturated carbocycles. The monoisotopic (exact) mass is 317 g/mol. The summed E-state index contributed by atoms with van der Waals surface area (Å²) in [5, 5.41) is 9.89. The number of rotatable bonds is 5. The average Bonchev–Trinajstić information content (AvgIpc) is 2.45. The highest BCUT2D eigenvalue weighted by Crippen LogP contribution is 2.31. The van der Waals surface area contributed by atoms with Crippen LogP contribution in [0.3, 0.4) is 0 Å². The van der Waals surface area contributed by atoms with Crippen LogP contribution in [0, 0.1) is 11.3 Å². The number of aromatic nitrogens is 2. The minimum Gasteiger partial charge on any atom is -0.381 e. The van der Waals surface area contributed by atoms with Crippen LogP contribution in [0.4, 0.5) is 19.0 Å². The van der Waals surface area contributed by atoms with Crippen LogP contribution in [0.5, 0.6) is 0 Å². The predicted octanol–water partition coefficient (Wildman–Crippen LogP) is 3.75. The Morgan fingerprint density at radius 2 is 1.86 bits per heavy atom. The van der Waals surface area contributed by atoms with Gasteiger partial charge in [-0.25, -0.2) is 0 Å². The highest BCUT2D eigenvalue weighted by molar-refractivity contribution is 5.33. The molecule has 2 rings (SSSR count). The van der Waals surface area contributed by atoms with Crippen molar-refractivity contribution in [2.45, 2.75) is 39.3 Å². The molecule has 1 aromatic rings. The van der Waals surface area contributed by atoms with Gasteiger partial charge in [-0.15, -0.1) is 10.2 Å². The van der Waals surface area contributed by atoms with Crippen molar-refractivity contribution in [2.75, 3.05) is 25.1 Å². The van der Waals surface area contributed by atoms with Gasteiger partial charge in [0.05, 0.1) is 0 Å². The molecule has 0 atom stereocenters. The van der Waals surface area contributed by atoms with Gasteiger partial charge in [0, 0.05) is 19.8 Å². The molecule has 0 aliphatic carbocycles. The van der Waals surface area contributed by atoms with E-state index in [2.05, 4.69) is 29.4 Å². The zero-order chi connectivity index (χ0) is 16.2. The first-order valence-electron chi connectivity index (χ1n) is 7.49. The van der Waals surface area contributed by atoms with E-state index in [0.717, 1.165) is 38.5 Å². The maximum Gasteiger partial charge on any atom is 0.435 e. The Labute approximate surface area is 128 Å². The van der Waals surface area contributed by atoms with Gasteiger partial charge in [-0.3, -0.25) is 0 Å². The fourth-order valence-corrected chi connectivity index (χ4v) is 2.71. The van der Waals surface area contributed by atoms with Crippen molar-refractivity contribution in [1.82, 2.24) is 10.2 Å². The van der Waals surface area contributed by atoms with Gasteiger partial charge in [-0.05, 0) is 42.7 Å². The summed E-state index contributed by atoms with van der Waals surface area (Å²) in [7, 11) is 0. The molecular weight excluding hydrogens is 295 g/mol. The second-order valence-electron chi connectivity index (χ2n) is 6.58. The number of hydrogen-bond acceptors (Lipinski definition) is 4. The van der Waals surface area contributed by atoms with E-state index in [-0.39, 0.29) is 5.41 Å². The van der Waals surface area contributed by atoms with Gasteiger partial charge in [0.1, 0.15) is 5.82 Å². The van der Waals surface area contributed by atoms with Crippen LogP contribution in [0.2, 0.25) is 0 Å². The Morgan fingerprint density at radius 1 is 1.18 bits per heavy atom. The quantitative estimate of drug-likeness (QED) is 0.898. The molecule has 0 aromatic carbocycles. The summed E-state index contributed by atoms with van der Waals surface area (Å²) in [5.41, 5.74) is -0.939. The van der Waals surface area contributed by atoms with Crippen molar-refractivity contribution in [1.29, 1.82) is 0 Å². The zero-order valence-electron chi connectivity index (χ0n) is 12.9. The number of alkyl halides is 3. The fraction of sp³-hybridized carbons (Fsp3) is 0.733. The second kappa shape index (κ2) is 6.81. The Bertz CT molecular complexity index is 468. The lowest BCUT2D eigenvalue weighted by Crippen LogP contribution is -2.29. The van der Waals surface area contributed by atoms with Gasteiger partial charge >= 0.3 is 6.18 Å². The molecular formula is C15H22F3N3O. The van der Waals surface area contributed by atoms with Crippen LogP contribution in [-0.2, 0) is 10.9 Å². The Hall–Kier alpha value is -1.37. The van der Waals surface area contributed by atoms with E-state index < -0.39 is 11.9 Å². The summed E-state index contributed by atoms with van der Waals surface area (Å²) >= 11 is 0. The Kier molecular flexibility index (Phi) is 5.26. The minimum absolute atomic E-state index is 0.0341. The smallest absolute Gasteiger partial charge is 0.381 e. The summed E-state index contributed by atoms with van der Waals surface area (Å²) < 4.78 is 42.6. The molecule has 1 saturated heterocycles. The number of ether oxygens (including phenoxy) is 1. The molecule has 4 nitrogen and oxygen atoms in total. The van der Waals surface area contributed by atoms with Crippen LogP contribution >= 0.6 is 0 Å². The number of anilines is 1. The molecule has 0 radical (unpaired) electrons. The van der Waals surface area contributed by atoms with Crippen LogP contribution in [0.25, 0.3) is 0 Å². The van der Waals surface area contributed by atoms with Crippen molar-refractivity contribution in [3.8, 4) is 0 Å². The predicted molar refractivity (Wildman–Crippen MR) is 77.5 cm³/mol. The largest absolute Gasteiger partial charge is 0.435 e. The molecule has 1 fully saturated rings. The summed E-state index contributed by atoms with van der Waals surface area (Å²) in [6, 6.07) is 2.27. The van der Waals surface area contributed by atoms with Crippen molar-refractivity contribution in [3.63, 3.8) is 0 Å². The maximum atomic E-state index is 12.4. The molecule has 7 heteroatoms. The summed E-state index contributed by atoms with van der Waals surface area (Å²) in [5.74, 6) is 1.01. The van der Waals surface area contributed by atoms with E-state index in [1.54, 1.807) is 0 Å². The minimum atomic E-state index is -4.45. The average molecular weight is 317 g/mol. The first-order chi connectivity index (χ1) is 10.3. The SMILES string of the molecule is CC(C)(CNc1ccc(C(F)(F)F)nn1)CC1CCOCC1. The van der Waals surface area contributed by atoms with Crippen molar-refractivity contribution < 1.29 is 17.9 Å². The molecule has 22 heavy (non-hydrogen) atoms. The highest BCUT2D eigenvalue weighted by atomic mass is 19.4. The third kappa shape index (κ3) is 5.12. The highest BCUT2D eigenvalue weighted by Gasteiger charge is 2.33. The Morgan fingerprint density at radius 3 is 2.41 bits per heavy atom. The second-order valence-corrected chi connectivity index (χ2v) is 6.58. The van der Waals surface area contributed by atoms with Crippen molar-refractivity contribution in [2.24, 2.45) is 11.3 Å². The molecule has 1 aliphatic rings. The zero-order valence-corrected chi connectivity index (χ0v) is 12.9. The number of nitrogens with one attached hydrogen (secondary N) is 1. The summed E-state index contributed by atoms with van der Waals surface area (Å²) in [6.07, 6.45) is -1.25. The molecule has 2 heterocycles. The van der Waals surface area contributed by atoms with Crippen molar-refractivity contribution >= 4 is 5.82 Å². The third-order valence-electron chi connectivity index (χ3n) is 3.89. The number of halogens is 3. The van der Waals surface area contributed by atoms with E-state index in [0.29, 0.717) is 18.3 Å². The van der Waals surface area contributed by atoms with Crippen LogP contribution in [-0.4, -0.2) is 30.0 Å². The van der Waals surface area contributed by atoms with Gasteiger partial charge in [-0.2, -0.15) is 13.2 Å². The summed E-state index contributed by atoms with van der Waals surface area (Å²) in [4.78, 5) is 0. The van der Waals surface area contributed by atoms with Gasteiger partial charge in [0.2, 0.25) is 0 Å². The van der Waals surface area contributed by atoms with E-state index >= 15 is 0 Å². The summed E-state index contributed by atoms with van der Waals surface area (Å²) in [6.45, 7) is 6.57. The molecule has 0 bridgehead atoms. The van der Waals surface area contributed by atoms with Crippen molar-refractivity contribution in [3.05, 3.63) is 17.8 Å². The molecule has 1 aromatic heterocycles. The first-order valence-corrected chi connectivity index (χ1v) is 7.49. The van der Waals surface area contributed by atoms with Gasteiger partial charge in [0.15, 0.2) is 5.69 Å². The normalized spacial score (nSPS) is 17.5. The maximum absolute atomic E-state index is 12.4. The third-order valence-corrected chi connectivity index (χ3v) is 3.89. The molecule has 1 N–H and O–H groups in total. The lowest BCUT2D eigenvalue weighted by atomic mass is 9.80. The van der Waals surface area contributed by atoms with Gasteiger partial charge in [0.25, 0.3) is 0 Å². The number of nitrogens with zero attached hydrogens (tertiary/aromatic N) is 2. The van der Waals surface area contributed by atoms with Crippen LogP contribution in [0.15, 0.2) is 12.1 Å². The molecule has 1 aliphatic heterocycles. The lowest BCUT2D eigenvalue weighted by molar-refractivity contribution is -0.141. The van der Waals surface area contributed by atoms with E-state index in [4.69, 9.17) is 4.74 Å². The molecule has 0 unspecified atom stereocenters. The van der Waals surface area contributed by atoms with Crippen LogP contribution in [0.1, 0.15) is 38.8 Å². The topological polar surface area (TPSA) is 47.0 Å². The molecule has 0 spiro atoms. The fourth-order valence-electron chi connectivity index (χ4n) is 2.71. The van der Waals surface area contributed by atoms with Gasteiger partial charge < -0.3 is 10.1 Å². The van der Waals surface area contributed by atoms with E-state index in [9.17, 15) is 13.2 Å². The first kappa shape index (κ1) is 17.0.